The molecule has 0 aliphatic rings. The molecule has 0 unspecified atom stereocenters. The minimum Gasteiger partial charge on any atom is -0.263 e. The summed E-state index contributed by atoms with van der Waals surface area (Å²) in [6.07, 6.45) is 7.62. The van der Waals surface area contributed by atoms with Crippen LogP contribution in [0.3, 0.4) is 0 Å². The molecule has 1 heterocycles. The molecule has 0 aliphatic heterocycles. The lowest BCUT2D eigenvalue weighted by Crippen LogP contribution is -1.90. The first kappa shape index (κ1) is 8.46. The summed E-state index contributed by atoms with van der Waals surface area (Å²) < 4.78 is 0. The Morgan fingerprint density at radius 1 is 1.58 bits per heavy atom. The summed E-state index contributed by atoms with van der Waals surface area (Å²) in [5.41, 5.74) is 1.07. The molecule has 0 atom stereocenters. The molecular weight excluding hydrogens is 150 g/mol. The molecule has 0 saturated heterocycles. The van der Waals surface area contributed by atoms with Crippen LogP contribution in [-0.4, -0.2) is 15.2 Å². The molecule has 0 bridgehead atoms. The van der Waals surface area contributed by atoms with Crippen molar-refractivity contribution in [3.8, 4) is 0 Å². The zero-order valence-corrected chi connectivity index (χ0v) is 6.83. The van der Waals surface area contributed by atoms with Crippen molar-refractivity contribution in [2.75, 3.05) is 0 Å². The van der Waals surface area contributed by atoms with Gasteiger partial charge < -0.3 is 0 Å². The normalized spacial score (nSPS) is 11.2. The number of H-pyrrole nitrogens is 1. The SMILES string of the molecule is C=C/C=C(\C=C)Cc1ncn[nH]1. The number of hydrogen-bond donors (Lipinski definition) is 1. The molecular formula is C9H11N3. The maximum absolute atomic E-state index is 4.00. The lowest BCUT2D eigenvalue weighted by molar-refractivity contribution is 0.972. The monoisotopic (exact) mass is 161 g/mol. The van der Waals surface area contributed by atoms with E-state index in [9.17, 15) is 0 Å². The Morgan fingerprint density at radius 3 is 2.92 bits per heavy atom. The van der Waals surface area contributed by atoms with Crippen LogP contribution in [0.25, 0.3) is 0 Å². The smallest absolute Gasteiger partial charge is 0.137 e. The van der Waals surface area contributed by atoms with E-state index < -0.39 is 0 Å². The average Bonchev–Trinajstić information content (AvgIpc) is 2.56. The highest BCUT2D eigenvalue weighted by Gasteiger charge is 1.96. The van der Waals surface area contributed by atoms with E-state index in [1.165, 1.54) is 6.33 Å². The molecule has 3 heteroatoms. The summed E-state index contributed by atoms with van der Waals surface area (Å²) in [6, 6.07) is 0. The van der Waals surface area contributed by atoms with Crippen LogP contribution in [0.2, 0.25) is 0 Å². The lowest BCUT2D eigenvalue weighted by atomic mass is 10.1. The molecule has 3 nitrogen and oxygen atoms in total. The number of rotatable bonds is 4. The average molecular weight is 161 g/mol. The Kier molecular flexibility index (Phi) is 3.02. The molecule has 0 aromatic carbocycles. The fourth-order valence-corrected chi connectivity index (χ4v) is 0.860. The minimum absolute atomic E-state index is 0.718. The van der Waals surface area contributed by atoms with Gasteiger partial charge >= 0.3 is 0 Å². The van der Waals surface area contributed by atoms with Gasteiger partial charge in [-0.1, -0.05) is 31.4 Å². The largest absolute Gasteiger partial charge is 0.263 e. The number of aromatic amines is 1. The summed E-state index contributed by atoms with van der Waals surface area (Å²) in [6.45, 7) is 7.29. The standard InChI is InChI=1S/C9H11N3/c1-3-5-8(4-2)6-9-10-7-11-12-9/h3-5,7H,1-2,6H2,(H,10,11,12)/b8-5+. The second kappa shape index (κ2) is 4.28. The Bertz CT molecular complexity index is 283. The van der Waals surface area contributed by atoms with Gasteiger partial charge in [0, 0.05) is 6.42 Å². The first-order valence-electron chi connectivity index (χ1n) is 3.65. The summed E-state index contributed by atoms with van der Waals surface area (Å²) in [5.74, 6) is 0.836. The fourth-order valence-electron chi connectivity index (χ4n) is 0.860. The van der Waals surface area contributed by atoms with Crippen LogP contribution in [0.15, 0.2) is 43.3 Å². The molecule has 0 saturated carbocycles. The maximum Gasteiger partial charge on any atom is 0.137 e. The zero-order valence-electron chi connectivity index (χ0n) is 6.83. The maximum atomic E-state index is 4.00. The van der Waals surface area contributed by atoms with E-state index in [0.29, 0.717) is 0 Å². The van der Waals surface area contributed by atoms with E-state index in [1.807, 2.05) is 6.08 Å². The highest BCUT2D eigenvalue weighted by atomic mass is 15.2. The third kappa shape index (κ3) is 2.20. The number of hydrogen-bond acceptors (Lipinski definition) is 2. The molecule has 12 heavy (non-hydrogen) atoms. The van der Waals surface area contributed by atoms with Crippen molar-refractivity contribution in [2.45, 2.75) is 6.42 Å². The summed E-state index contributed by atoms with van der Waals surface area (Å²) in [5, 5.41) is 6.52. The third-order valence-electron chi connectivity index (χ3n) is 1.43. The predicted octanol–water partition coefficient (Wildman–Crippen LogP) is 1.65. The van der Waals surface area contributed by atoms with Gasteiger partial charge in [-0.05, 0) is 5.57 Å². The van der Waals surface area contributed by atoms with Gasteiger partial charge in [0.1, 0.15) is 12.2 Å². The van der Waals surface area contributed by atoms with Gasteiger partial charge in [-0.3, -0.25) is 5.10 Å². The number of nitrogens with one attached hydrogen (secondary N) is 1. The van der Waals surface area contributed by atoms with Crippen molar-refractivity contribution in [1.82, 2.24) is 15.2 Å². The molecule has 0 aliphatic carbocycles. The number of allylic oxidation sites excluding steroid dienone is 4. The highest BCUT2D eigenvalue weighted by Crippen LogP contribution is 2.02. The minimum atomic E-state index is 0.718. The van der Waals surface area contributed by atoms with Gasteiger partial charge in [0.2, 0.25) is 0 Å². The van der Waals surface area contributed by atoms with Gasteiger partial charge in [0.05, 0.1) is 0 Å². The van der Waals surface area contributed by atoms with Crippen LogP contribution in [-0.2, 0) is 6.42 Å². The second-order valence-electron chi connectivity index (χ2n) is 2.29. The van der Waals surface area contributed by atoms with Crippen molar-refractivity contribution >= 4 is 0 Å². The molecule has 1 rings (SSSR count). The van der Waals surface area contributed by atoms with Crippen LogP contribution in [0.5, 0.6) is 0 Å². The van der Waals surface area contributed by atoms with E-state index in [2.05, 4.69) is 28.3 Å². The molecule has 1 N–H and O–H groups in total. The van der Waals surface area contributed by atoms with Gasteiger partial charge in [0.25, 0.3) is 0 Å². The van der Waals surface area contributed by atoms with Crippen molar-refractivity contribution in [1.29, 1.82) is 0 Å². The Morgan fingerprint density at radius 2 is 2.42 bits per heavy atom. The predicted molar refractivity (Wildman–Crippen MR) is 48.6 cm³/mol. The Balaban J connectivity index is 2.66. The first-order valence-corrected chi connectivity index (χ1v) is 3.65. The number of nitrogens with zero attached hydrogens (tertiary/aromatic N) is 2. The third-order valence-corrected chi connectivity index (χ3v) is 1.43. The van der Waals surface area contributed by atoms with Crippen molar-refractivity contribution in [2.24, 2.45) is 0 Å². The van der Waals surface area contributed by atoms with Crippen molar-refractivity contribution in [3.05, 3.63) is 49.1 Å². The zero-order chi connectivity index (χ0) is 8.81. The molecule has 1 aromatic rings. The van der Waals surface area contributed by atoms with Crippen molar-refractivity contribution in [3.63, 3.8) is 0 Å². The van der Waals surface area contributed by atoms with Crippen LogP contribution in [0.4, 0.5) is 0 Å². The molecule has 1 aromatic heterocycles. The first-order chi connectivity index (χ1) is 5.86. The van der Waals surface area contributed by atoms with Crippen LogP contribution in [0, 0.1) is 0 Å². The van der Waals surface area contributed by atoms with E-state index >= 15 is 0 Å². The van der Waals surface area contributed by atoms with Crippen molar-refractivity contribution < 1.29 is 0 Å². The highest BCUT2D eigenvalue weighted by molar-refractivity contribution is 5.23. The van der Waals surface area contributed by atoms with E-state index in [-0.39, 0.29) is 0 Å². The van der Waals surface area contributed by atoms with Crippen LogP contribution in [0.1, 0.15) is 5.82 Å². The van der Waals surface area contributed by atoms with Gasteiger partial charge in [-0.15, -0.1) is 0 Å². The topological polar surface area (TPSA) is 41.6 Å². The van der Waals surface area contributed by atoms with E-state index in [4.69, 9.17) is 0 Å². The Labute approximate surface area is 71.5 Å². The van der Waals surface area contributed by atoms with Gasteiger partial charge in [0.15, 0.2) is 0 Å². The van der Waals surface area contributed by atoms with Gasteiger partial charge in [-0.2, -0.15) is 5.10 Å². The Hall–Kier alpha value is -1.64. The molecule has 0 radical (unpaired) electrons. The molecule has 0 fully saturated rings. The quantitative estimate of drug-likeness (QED) is 0.682. The van der Waals surface area contributed by atoms with Crippen LogP contribution < -0.4 is 0 Å². The summed E-state index contributed by atoms with van der Waals surface area (Å²) >= 11 is 0. The van der Waals surface area contributed by atoms with E-state index in [0.717, 1.165) is 17.8 Å². The van der Waals surface area contributed by atoms with Crippen LogP contribution >= 0.6 is 0 Å². The summed E-state index contributed by atoms with van der Waals surface area (Å²) in [4.78, 5) is 4.00. The molecule has 62 valence electrons. The fraction of sp³-hybridized carbons (Fsp3) is 0.111. The lowest BCUT2D eigenvalue weighted by Gasteiger charge is -1.95. The van der Waals surface area contributed by atoms with Gasteiger partial charge in [-0.25, -0.2) is 4.98 Å². The molecule has 0 spiro atoms. The molecule has 0 amide bonds. The summed E-state index contributed by atoms with van der Waals surface area (Å²) in [7, 11) is 0. The van der Waals surface area contributed by atoms with E-state index in [1.54, 1.807) is 12.2 Å². The number of aromatic nitrogens is 3. The second-order valence-corrected chi connectivity index (χ2v) is 2.29.